The molecule has 2 aromatic rings. The van der Waals surface area contributed by atoms with Crippen LogP contribution in [0.1, 0.15) is 30.5 Å². The molecular formula is C22H26Cl3FN2O. The lowest BCUT2D eigenvalue weighted by Gasteiger charge is -2.32. The number of hydrogen-bond donors (Lipinski definition) is 0. The first kappa shape index (κ1) is 23.9. The number of amides is 1. The molecule has 7 heteroatoms. The summed E-state index contributed by atoms with van der Waals surface area (Å²) in [6.45, 7) is 3.34. The zero-order chi connectivity index (χ0) is 20.3. The molecule has 2 atom stereocenters. The van der Waals surface area contributed by atoms with Crippen molar-refractivity contribution >= 4 is 41.5 Å². The summed E-state index contributed by atoms with van der Waals surface area (Å²) in [5.74, 6) is -0.0190. The zero-order valence-corrected chi connectivity index (χ0v) is 18.9. The number of benzene rings is 2. The van der Waals surface area contributed by atoms with Crippen LogP contribution in [0.4, 0.5) is 4.39 Å². The van der Waals surface area contributed by atoms with Crippen molar-refractivity contribution < 1.29 is 9.18 Å². The minimum atomic E-state index is -1.16. The lowest BCUT2D eigenvalue weighted by atomic mass is 10.0. The van der Waals surface area contributed by atoms with Gasteiger partial charge < -0.3 is 4.90 Å². The first-order valence-corrected chi connectivity index (χ1v) is 10.2. The fourth-order valence-corrected chi connectivity index (χ4v) is 3.99. The van der Waals surface area contributed by atoms with Gasteiger partial charge in [-0.25, -0.2) is 4.39 Å². The number of carbonyl (C=O) groups is 1. The molecule has 0 N–H and O–H groups in total. The van der Waals surface area contributed by atoms with E-state index in [-0.39, 0.29) is 30.8 Å². The van der Waals surface area contributed by atoms with Crippen LogP contribution < -0.4 is 0 Å². The lowest BCUT2D eigenvalue weighted by Crippen LogP contribution is -2.40. The van der Waals surface area contributed by atoms with Gasteiger partial charge in [0.1, 0.15) is 5.67 Å². The molecule has 1 amide bonds. The van der Waals surface area contributed by atoms with Crippen LogP contribution in [-0.4, -0.2) is 48.1 Å². The van der Waals surface area contributed by atoms with Crippen molar-refractivity contribution in [2.24, 2.45) is 0 Å². The smallest absolute Gasteiger partial charge is 0.227 e. The molecular weight excluding hydrogens is 434 g/mol. The molecule has 3 nitrogen and oxygen atoms in total. The fraction of sp³-hybridized carbons (Fsp3) is 0.409. The van der Waals surface area contributed by atoms with Gasteiger partial charge in [-0.15, -0.1) is 12.4 Å². The highest BCUT2D eigenvalue weighted by molar-refractivity contribution is 6.42. The van der Waals surface area contributed by atoms with Gasteiger partial charge in [-0.1, -0.05) is 59.6 Å². The number of likely N-dealkylation sites (tertiary alicyclic amines) is 1. The molecule has 0 radical (unpaired) electrons. The molecule has 3 rings (SSSR count). The Kier molecular flexibility index (Phi) is 8.36. The van der Waals surface area contributed by atoms with Gasteiger partial charge in [0.25, 0.3) is 0 Å². The summed E-state index contributed by atoms with van der Waals surface area (Å²) in [7, 11) is 1.81. The topological polar surface area (TPSA) is 23.6 Å². The second kappa shape index (κ2) is 10.1. The van der Waals surface area contributed by atoms with Crippen LogP contribution in [0.15, 0.2) is 48.5 Å². The highest BCUT2D eigenvalue weighted by Crippen LogP contribution is 2.29. The molecule has 1 heterocycles. The molecule has 0 bridgehead atoms. The summed E-state index contributed by atoms with van der Waals surface area (Å²) in [5, 5.41) is 0.908. The van der Waals surface area contributed by atoms with Crippen LogP contribution >= 0.6 is 35.6 Å². The number of rotatable bonds is 6. The van der Waals surface area contributed by atoms with E-state index in [9.17, 15) is 9.18 Å². The van der Waals surface area contributed by atoms with Crippen molar-refractivity contribution in [2.75, 3.05) is 26.7 Å². The Morgan fingerprint density at radius 2 is 1.90 bits per heavy atom. The van der Waals surface area contributed by atoms with Crippen LogP contribution in [0.5, 0.6) is 0 Å². The van der Waals surface area contributed by atoms with Gasteiger partial charge >= 0.3 is 0 Å². The van der Waals surface area contributed by atoms with Crippen LogP contribution in [0.25, 0.3) is 0 Å². The molecule has 1 saturated heterocycles. The molecule has 1 unspecified atom stereocenters. The van der Waals surface area contributed by atoms with Gasteiger partial charge in [0.2, 0.25) is 5.91 Å². The number of carbonyl (C=O) groups excluding carboxylic acids is 1. The third-order valence-corrected chi connectivity index (χ3v) is 6.06. The molecule has 0 aromatic heterocycles. The molecule has 1 aliphatic rings. The molecule has 1 fully saturated rings. The van der Waals surface area contributed by atoms with E-state index in [1.807, 2.05) is 43.4 Å². The van der Waals surface area contributed by atoms with Crippen molar-refractivity contribution in [2.45, 2.75) is 31.5 Å². The van der Waals surface area contributed by atoms with Crippen molar-refractivity contribution in [1.82, 2.24) is 9.80 Å². The van der Waals surface area contributed by atoms with Crippen LogP contribution in [0, 0.1) is 0 Å². The summed E-state index contributed by atoms with van der Waals surface area (Å²) in [6.07, 6.45) is 0.757. The second-order valence-corrected chi connectivity index (χ2v) is 8.57. The first-order chi connectivity index (χ1) is 13.2. The van der Waals surface area contributed by atoms with Crippen molar-refractivity contribution in [3.8, 4) is 0 Å². The Hall–Kier alpha value is -1.33. The van der Waals surface area contributed by atoms with E-state index >= 15 is 0 Å². The predicted molar refractivity (Wildman–Crippen MR) is 120 cm³/mol. The molecule has 1 aliphatic heterocycles. The SMILES string of the molecule is CN(C(=O)Cc1ccc(Cl)c(Cl)c1)[C@H](CN1CCC(C)(F)C1)c1ccccc1.Cl. The molecule has 2 aromatic carbocycles. The minimum Gasteiger partial charge on any atom is -0.337 e. The highest BCUT2D eigenvalue weighted by Gasteiger charge is 2.35. The summed E-state index contributed by atoms with van der Waals surface area (Å²) >= 11 is 12.0. The summed E-state index contributed by atoms with van der Waals surface area (Å²) < 4.78 is 14.3. The van der Waals surface area contributed by atoms with E-state index < -0.39 is 5.67 Å². The molecule has 29 heavy (non-hydrogen) atoms. The Balaban J connectivity index is 0.00000300. The largest absolute Gasteiger partial charge is 0.337 e. The van der Waals surface area contributed by atoms with E-state index in [1.54, 1.807) is 24.0 Å². The quantitative estimate of drug-likeness (QED) is 0.562. The van der Waals surface area contributed by atoms with Gasteiger partial charge in [-0.2, -0.15) is 0 Å². The third kappa shape index (κ3) is 6.32. The molecule has 158 valence electrons. The molecule has 0 saturated carbocycles. The Bertz CT molecular complexity index is 832. The van der Waals surface area contributed by atoms with Crippen molar-refractivity contribution in [1.29, 1.82) is 0 Å². The summed E-state index contributed by atoms with van der Waals surface area (Å²) in [5.41, 5.74) is 0.694. The molecule has 0 spiro atoms. The number of likely N-dealkylation sites (N-methyl/N-ethyl adjacent to an activating group) is 1. The van der Waals surface area contributed by atoms with Crippen LogP contribution in [0.3, 0.4) is 0 Å². The average Bonchev–Trinajstić information content (AvgIpc) is 3.01. The Morgan fingerprint density at radius 3 is 2.48 bits per heavy atom. The zero-order valence-electron chi connectivity index (χ0n) is 16.6. The van der Waals surface area contributed by atoms with E-state index in [4.69, 9.17) is 23.2 Å². The Labute approximate surface area is 188 Å². The summed E-state index contributed by atoms with van der Waals surface area (Å²) in [4.78, 5) is 16.8. The van der Waals surface area contributed by atoms with Gasteiger partial charge in [-0.05, 0) is 36.6 Å². The van der Waals surface area contributed by atoms with E-state index in [2.05, 4.69) is 4.90 Å². The monoisotopic (exact) mass is 458 g/mol. The number of halogens is 4. The van der Waals surface area contributed by atoms with Gasteiger partial charge in [0.15, 0.2) is 0 Å². The minimum absolute atomic E-state index is 0. The Morgan fingerprint density at radius 1 is 1.21 bits per heavy atom. The average molecular weight is 460 g/mol. The third-order valence-electron chi connectivity index (χ3n) is 5.32. The first-order valence-electron chi connectivity index (χ1n) is 9.41. The van der Waals surface area contributed by atoms with Crippen molar-refractivity contribution in [3.63, 3.8) is 0 Å². The highest BCUT2D eigenvalue weighted by atomic mass is 35.5. The van der Waals surface area contributed by atoms with E-state index in [0.717, 1.165) is 11.1 Å². The maximum absolute atomic E-state index is 14.3. The maximum Gasteiger partial charge on any atom is 0.227 e. The van der Waals surface area contributed by atoms with Crippen molar-refractivity contribution in [3.05, 3.63) is 69.7 Å². The van der Waals surface area contributed by atoms with Gasteiger partial charge in [-0.3, -0.25) is 9.69 Å². The molecule has 0 aliphatic carbocycles. The van der Waals surface area contributed by atoms with Gasteiger partial charge in [0, 0.05) is 26.7 Å². The number of nitrogens with zero attached hydrogens (tertiary/aromatic N) is 2. The number of alkyl halides is 1. The van der Waals surface area contributed by atoms with Crippen LogP contribution in [0.2, 0.25) is 10.0 Å². The number of hydrogen-bond acceptors (Lipinski definition) is 2. The summed E-state index contributed by atoms with van der Waals surface area (Å²) in [6, 6.07) is 15.0. The normalized spacial score (nSPS) is 20.2. The van der Waals surface area contributed by atoms with E-state index in [0.29, 0.717) is 36.1 Å². The van der Waals surface area contributed by atoms with E-state index in [1.165, 1.54) is 0 Å². The standard InChI is InChI=1S/C22H25Cl2FN2O.ClH/c1-22(25)10-11-27(15-22)14-20(17-6-4-3-5-7-17)26(2)21(28)13-16-8-9-18(23)19(24)12-16;/h3-9,12,20H,10-11,13-15H2,1-2H3;1H/t20-,22?;/m1./s1. The lowest BCUT2D eigenvalue weighted by molar-refractivity contribution is -0.131. The predicted octanol–water partition coefficient (Wildman–Crippen LogP) is 5.59. The fourth-order valence-electron chi connectivity index (χ4n) is 3.67. The second-order valence-electron chi connectivity index (χ2n) is 7.75. The maximum atomic E-state index is 14.3. The van der Waals surface area contributed by atoms with Crippen LogP contribution in [-0.2, 0) is 11.2 Å². The van der Waals surface area contributed by atoms with Gasteiger partial charge in [0.05, 0.1) is 22.5 Å².